The van der Waals surface area contributed by atoms with Gasteiger partial charge in [-0.05, 0) is 55.7 Å². The van der Waals surface area contributed by atoms with E-state index in [-0.39, 0.29) is 5.91 Å². The first-order chi connectivity index (χ1) is 13.3. The molecule has 0 radical (unpaired) electrons. The number of fused-ring (bicyclic) bond motifs is 1. The third-order valence-corrected chi connectivity index (χ3v) is 5.56. The van der Waals surface area contributed by atoms with Gasteiger partial charge in [-0.3, -0.25) is 9.78 Å². The van der Waals surface area contributed by atoms with Gasteiger partial charge in [-0.25, -0.2) is 0 Å². The largest absolute Gasteiger partial charge is 0.383 e. The van der Waals surface area contributed by atoms with Crippen molar-refractivity contribution in [2.24, 2.45) is 0 Å². The number of allylic oxidation sites excluding steroid dienone is 1. The quantitative estimate of drug-likeness (QED) is 0.793. The Hall–Kier alpha value is -2.62. The molecule has 140 valence electrons. The molecule has 1 aromatic carbocycles. The second kappa shape index (κ2) is 8.38. The van der Waals surface area contributed by atoms with Gasteiger partial charge in [0.1, 0.15) is 0 Å². The standard InChI is InChI=1S/C23H27N3O/c27-23(26-13-11-19-8-4-5-9-20(19)17-26)21-14-22(16-24-15-21)25-12-10-18-6-2-1-3-7-18/h4-6,8-9,14-16,25H,1-3,7,10-13,17H2. The van der Waals surface area contributed by atoms with Crippen LogP contribution in [-0.2, 0) is 13.0 Å². The minimum Gasteiger partial charge on any atom is -0.383 e. The summed E-state index contributed by atoms with van der Waals surface area (Å²) in [5.41, 5.74) is 5.75. The summed E-state index contributed by atoms with van der Waals surface area (Å²) in [5.74, 6) is 0.0654. The molecule has 2 heterocycles. The van der Waals surface area contributed by atoms with Crippen molar-refractivity contribution in [2.75, 3.05) is 18.4 Å². The second-order valence-corrected chi connectivity index (χ2v) is 7.49. The number of carbonyl (C=O) groups is 1. The highest BCUT2D eigenvalue weighted by atomic mass is 16.2. The number of hydrogen-bond acceptors (Lipinski definition) is 3. The summed E-state index contributed by atoms with van der Waals surface area (Å²) in [6.45, 7) is 2.34. The fourth-order valence-corrected chi connectivity index (χ4v) is 4.00. The third kappa shape index (κ3) is 4.38. The van der Waals surface area contributed by atoms with Crippen molar-refractivity contribution in [1.82, 2.24) is 9.88 Å². The molecule has 1 aliphatic heterocycles. The Bertz CT molecular complexity index is 843. The smallest absolute Gasteiger partial charge is 0.255 e. The van der Waals surface area contributed by atoms with Crippen LogP contribution in [0.25, 0.3) is 0 Å². The Balaban J connectivity index is 1.37. The van der Waals surface area contributed by atoms with Gasteiger partial charge in [0.25, 0.3) is 5.91 Å². The SMILES string of the molecule is O=C(c1cncc(NCCC2=CCCCC2)c1)N1CCc2ccccc2C1. The van der Waals surface area contributed by atoms with Crippen molar-refractivity contribution in [2.45, 2.75) is 45.1 Å². The van der Waals surface area contributed by atoms with Crippen LogP contribution < -0.4 is 5.32 Å². The number of pyridine rings is 1. The highest BCUT2D eigenvalue weighted by molar-refractivity contribution is 5.94. The molecule has 0 bridgehead atoms. The summed E-state index contributed by atoms with van der Waals surface area (Å²) in [6.07, 6.45) is 13.0. The summed E-state index contributed by atoms with van der Waals surface area (Å²) in [6, 6.07) is 10.3. The topological polar surface area (TPSA) is 45.2 Å². The molecule has 27 heavy (non-hydrogen) atoms. The average molecular weight is 361 g/mol. The van der Waals surface area contributed by atoms with Gasteiger partial charge in [-0.2, -0.15) is 0 Å². The lowest BCUT2D eigenvalue weighted by molar-refractivity contribution is 0.0734. The van der Waals surface area contributed by atoms with Crippen molar-refractivity contribution in [3.63, 3.8) is 0 Å². The van der Waals surface area contributed by atoms with Gasteiger partial charge < -0.3 is 10.2 Å². The molecule has 1 aliphatic carbocycles. The van der Waals surface area contributed by atoms with Gasteiger partial charge in [-0.1, -0.05) is 35.9 Å². The van der Waals surface area contributed by atoms with Crippen molar-refractivity contribution < 1.29 is 4.79 Å². The molecule has 2 aliphatic rings. The molecule has 2 aromatic rings. The highest BCUT2D eigenvalue weighted by Crippen LogP contribution is 2.22. The maximum Gasteiger partial charge on any atom is 0.255 e. The first-order valence-electron chi connectivity index (χ1n) is 10.0. The summed E-state index contributed by atoms with van der Waals surface area (Å²) >= 11 is 0. The Morgan fingerprint density at radius 2 is 2.00 bits per heavy atom. The van der Waals surface area contributed by atoms with E-state index in [2.05, 4.69) is 34.6 Å². The molecule has 1 amide bonds. The van der Waals surface area contributed by atoms with Crippen LogP contribution in [0.15, 0.2) is 54.4 Å². The fraction of sp³-hybridized carbons (Fsp3) is 0.391. The molecule has 1 aromatic heterocycles. The van der Waals surface area contributed by atoms with Crippen LogP contribution in [0.5, 0.6) is 0 Å². The molecule has 0 spiro atoms. The van der Waals surface area contributed by atoms with Crippen LogP contribution >= 0.6 is 0 Å². The second-order valence-electron chi connectivity index (χ2n) is 7.49. The van der Waals surface area contributed by atoms with E-state index >= 15 is 0 Å². The van der Waals surface area contributed by atoms with E-state index < -0.39 is 0 Å². The fourth-order valence-electron chi connectivity index (χ4n) is 4.00. The Morgan fingerprint density at radius 3 is 2.85 bits per heavy atom. The summed E-state index contributed by atoms with van der Waals surface area (Å²) < 4.78 is 0. The molecule has 4 nitrogen and oxygen atoms in total. The Kier molecular flexibility index (Phi) is 5.52. The Morgan fingerprint density at radius 1 is 1.11 bits per heavy atom. The molecule has 0 saturated carbocycles. The van der Waals surface area contributed by atoms with E-state index in [1.165, 1.54) is 36.8 Å². The number of nitrogens with zero attached hydrogens (tertiary/aromatic N) is 2. The van der Waals surface area contributed by atoms with Gasteiger partial charge in [0, 0.05) is 32.0 Å². The normalized spacial score (nSPS) is 16.4. The van der Waals surface area contributed by atoms with Crippen LogP contribution in [0.4, 0.5) is 5.69 Å². The first kappa shape index (κ1) is 17.8. The van der Waals surface area contributed by atoms with Gasteiger partial charge in [0.05, 0.1) is 11.3 Å². The van der Waals surface area contributed by atoms with Gasteiger partial charge in [-0.15, -0.1) is 0 Å². The number of hydrogen-bond donors (Lipinski definition) is 1. The third-order valence-electron chi connectivity index (χ3n) is 5.56. The zero-order valence-corrected chi connectivity index (χ0v) is 15.8. The van der Waals surface area contributed by atoms with Gasteiger partial charge in [0.15, 0.2) is 0 Å². The van der Waals surface area contributed by atoms with Crippen LogP contribution in [-0.4, -0.2) is 28.9 Å². The van der Waals surface area contributed by atoms with Crippen molar-refractivity contribution in [1.29, 1.82) is 0 Å². The minimum atomic E-state index is 0.0654. The van der Waals surface area contributed by atoms with E-state index in [4.69, 9.17) is 0 Å². The monoisotopic (exact) mass is 361 g/mol. The maximum absolute atomic E-state index is 12.9. The number of amides is 1. The van der Waals surface area contributed by atoms with E-state index in [1.54, 1.807) is 18.0 Å². The summed E-state index contributed by atoms with van der Waals surface area (Å²) in [7, 11) is 0. The zero-order chi connectivity index (χ0) is 18.5. The molecule has 1 N–H and O–H groups in total. The number of anilines is 1. The molecular weight excluding hydrogens is 334 g/mol. The van der Waals surface area contributed by atoms with Crippen molar-refractivity contribution in [3.8, 4) is 0 Å². The van der Waals surface area contributed by atoms with Crippen LogP contribution in [0, 0.1) is 0 Å². The van der Waals surface area contributed by atoms with Gasteiger partial charge >= 0.3 is 0 Å². The summed E-state index contributed by atoms with van der Waals surface area (Å²) in [5, 5.41) is 3.43. The molecule has 0 atom stereocenters. The zero-order valence-electron chi connectivity index (χ0n) is 15.8. The number of benzene rings is 1. The van der Waals surface area contributed by atoms with Crippen molar-refractivity contribution >= 4 is 11.6 Å². The van der Waals surface area contributed by atoms with Crippen LogP contribution in [0.2, 0.25) is 0 Å². The minimum absolute atomic E-state index is 0.0654. The summed E-state index contributed by atoms with van der Waals surface area (Å²) in [4.78, 5) is 19.1. The Labute approximate surface area is 161 Å². The van der Waals surface area contributed by atoms with Crippen LogP contribution in [0.3, 0.4) is 0 Å². The van der Waals surface area contributed by atoms with E-state index in [1.807, 2.05) is 17.0 Å². The molecule has 4 heteroatoms. The number of aromatic nitrogens is 1. The predicted molar refractivity (Wildman–Crippen MR) is 109 cm³/mol. The van der Waals surface area contributed by atoms with Crippen LogP contribution in [0.1, 0.15) is 53.6 Å². The lowest BCUT2D eigenvalue weighted by atomic mass is 9.97. The van der Waals surface area contributed by atoms with E-state index in [0.717, 1.165) is 31.6 Å². The molecule has 0 fully saturated rings. The van der Waals surface area contributed by atoms with Crippen molar-refractivity contribution in [3.05, 3.63) is 71.1 Å². The molecule has 0 saturated heterocycles. The molecule has 0 unspecified atom stereocenters. The predicted octanol–water partition coefficient (Wildman–Crippen LogP) is 4.58. The number of nitrogens with one attached hydrogen (secondary N) is 1. The number of carbonyl (C=O) groups excluding carboxylic acids is 1. The maximum atomic E-state index is 12.9. The lowest BCUT2D eigenvalue weighted by Crippen LogP contribution is -2.36. The van der Waals surface area contributed by atoms with Gasteiger partial charge in [0.2, 0.25) is 0 Å². The first-order valence-corrected chi connectivity index (χ1v) is 10.0. The van der Waals surface area contributed by atoms with E-state index in [0.29, 0.717) is 12.1 Å². The van der Waals surface area contributed by atoms with E-state index in [9.17, 15) is 4.79 Å². The molecule has 4 rings (SSSR count). The lowest BCUT2D eigenvalue weighted by Gasteiger charge is -2.29. The highest BCUT2D eigenvalue weighted by Gasteiger charge is 2.21. The molecular formula is C23H27N3O. The average Bonchev–Trinajstić information content (AvgIpc) is 2.74. The number of rotatable bonds is 5.